The third kappa shape index (κ3) is 4.36. The van der Waals surface area contributed by atoms with Crippen LogP contribution in [-0.4, -0.2) is 73.0 Å². The number of likely N-dealkylation sites (tertiary alicyclic amines) is 1. The van der Waals surface area contributed by atoms with Gasteiger partial charge < -0.3 is 20.0 Å². The van der Waals surface area contributed by atoms with E-state index >= 15 is 0 Å². The second kappa shape index (κ2) is 10.3. The second-order valence-corrected chi connectivity index (χ2v) is 11.8. The molecule has 3 aliphatic rings. The molecular formula is C29H32N2O5S. The van der Waals surface area contributed by atoms with E-state index in [2.05, 4.69) is 6.58 Å². The highest BCUT2D eigenvalue weighted by atomic mass is 32.2. The lowest BCUT2D eigenvalue weighted by Crippen LogP contribution is -2.57. The quantitative estimate of drug-likeness (QED) is 0.468. The Labute approximate surface area is 221 Å². The van der Waals surface area contributed by atoms with E-state index in [4.69, 9.17) is 0 Å². The van der Waals surface area contributed by atoms with E-state index in [-0.39, 0.29) is 23.7 Å². The Balaban J connectivity index is 1.56. The summed E-state index contributed by atoms with van der Waals surface area (Å²) in [5.74, 6) is -3.14. The van der Waals surface area contributed by atoms with Gasteiger partial charge in [0, 0.05) is 18.3 Å². The van der Waals surface area contributed by atoms with Crippen molar-refractivity contribution in [3.8, 4) is 0 Å². The van der Waals surface area contributed by atoms with Gasteiger partial charge >= 0.3 is 5.97 Å². The second-order valence-electron chi connectivity index (χ2n) is 10.2. The molecule has 2 aromatic carbocycles. The number of benzene rings is 2. The van der Waals surface area contributed by atoms with Gasteiger partial charge in [0.15, 0.2) is 0 Å². The number of amides is 2. The summed E-state index contributed by atoms with van der Waals surface area (Å²) in [6.45, 7) is 4.17. The van der Waals surface area contributed by atoms with Gasteiger partial charge in [0.05, 0.1) is 29.2 Å². The summed E-state index contributed by atoms with van der Waals surface area (Å²) >= 11 is 1.51. The highest BCUT2D eigenvalue weighted by molar-refractivity contribution is 8.02. The first-order valence-corrected chi connectivity index (χ1v) is 13.6. The molecule has 37 heavy (non-hydrogen) atoms. The average molecular weight is 521 g/mol. The van der Waals surface area contributed by atoms with Gasteiger partial charge in [-0.2, -0.15) is 0 Å². The molecule has 0 aromatic heterocycles. The third-order valence-electron chi connectivity index (χ3n) is 8.05. The molecule has 3 fully saturated rings. The van der Waals surface area contributed by atoms with Crippen LogP contribution in [0.4, 0.5) is 0 Å². The Hall–Kier alpha value is -3.10. The number of aliphatic carboxylic acids is 1. The molecule has 0 aliphatic carbocycles. The minimum atomic E-state index is -0.985. The summed E-state index contributed by atoms with van der Waals surface area (Å²) in [6, 6.07) is 17.7. The normalized spacial score (nSPS) is 28.7. The summed E-state index contributed by atoms with van der Waals surface area (Å²) in [7, 11) is 0. The first-order chi connectivity index (χ1) is 17.9. The van der Waals surface area contributed by atoms with Crippen molar-refractivity contribution in [2.24, 2.45) is 11.8 Å². The zero-order valence-corrected chi connectivity index (χ0v) is 21.4. The lowest BCUT2D eigenvalue weighted by molar-refractivity contribution is -0.149. The number of carbonyl (C=O) groups excluding carboxylic acids is 2. The molecule has 3 aliphatic heterocycles. The van der Waals surface area contributed by atoms with Crippen molar-refractivity contribution in [2.75, 3.05) is 13.2 Å². The van der Waals surface area contributed by atoms with Crippen molar-refractivity contribution in [3.63, 3.8) is 0 Å². The molecule has 6 atom stereocenters. The van der Waals surface area contributed by atoms with Crippen LogP contribution < -0.4 is 0 Å². The summed E-state index contributed by atoms with van der Waals surface area (Å²) in [6.07, 6.45) is 3.31. The molecule has 2 amide bonds. The van der Waals surface area contributed by atoms with Crippen molar-refractivity contribution in [2.45, 2.75) is 47.9 Å². The molecule has 0 radical (unpaired) electrons. The highest BCUT2D eigenvalue weighted by Gasteiger charge is 2.74. The molecule has 5 rings (SSSR count). The van der Waals surface area contributed by atoms with Crippen LogP contribution in [0.3, 0.4) is 0 Å². The van der Waals surface area contributed by atoms with E-state index in [0.29, 0.717) is 32.4 Å². The van der Waals surface area contributed by atoms with E-state index < -0.39 is 34.6 Å². The molecule has 2 N–H and O–H groups in total. The molecule has 1 spiro atoms. The third-order valence-corrected chi connectivity index (χ3v) is 10.0. The molecule has 2 unspecified atom stereocenters. The maximum atomic E-state index is 14.4. The molecule has 8 heteroatoms. The van der Waals surface area contributed by atoms with Gasteiger partial charge in [-0.15, -0.1) is 18.3 Å². The van der Waals surface area contributed by atoms with Gasteiger partial charge in [0.2, 0.25) is 11.8 Å². The van der Waals surface area contributed by atoms with Gasteiger partial charge in [-0.25, -0.2) is 0 Å². The van der Waals surface area contributed by atoms with Gasteiger partial charge in [-0.3, -0.25) is 14.4 Å². The van der Waals surface area contributed by atoms with Crippen LogP contribution in [0.1, 0.15) is 24.0 Å². The van der Waals surface area contributed by atoms with Gasteiger partial charge in [0.1, 0.15) is 6.04 Å². The summed E-state index contributed by atoms with van der Waals surface area (Å²) in [4.78, 5) is 44.1. The number of thioether (sulfide) groups is 1. The van der Waals surface area contributed by atoms with Crippen LogP contribution in [0.2, 0.25) is 0 Å². The van der Waals surface area contributed by atoms with Crippen molar-refractivity contribution >= 4 is 29.5 Å². The number of hydrogen-bond donors (Lipinski definition) is 2. The fourth-order valence-corrected chi connectivity index (χ4v) is 8.74. The first-order valence-electron chi connectivity index (χ1n) is 12.7. The van der Waals surface area contributed by atoms with E-state index in [9.17, 15) is 24.6 Å². The molecule has 3 saturated heterocycles. The predicted molar refractivity (Wildman–Crippen MR) is 142 cm³/mol. The van der Waals surface area contributed by atoms with Crippen molar-refractivity contribution in [1.82, 2.24) is 9.80 Å². The van der Waals surface area contributed by atoms with Crippen LogP contribution in [0, 0.1) is 11.8 Å². The van der Waals surface area contributed by atoms with E-state index in [1.807, 2.05) is 60.7 Å². The number of rotatable bonds is 10. The first kappa shape index (κ1) is 25.5. The van der Waals surface area contributed by atoms with Crippen LogP contribution in [0.5, 0.6) is 0 Å². The predicted octanol–water partition coefficient (Wildman–Crippen LogP) is 2.98. The van der Waals surface area contributed by atoms with Crippen molar-refractivity contribution < 1.29 is 24.6 Å². The summed E-state index contributed by atoms with van der Waals surface area (Å²) in [5.41, 5.74) is 1.89. The maximum Gasteiger partial charge on any atom is 0.308 e. The standard InChI is InChI=1S/C29H32N2O5S/c1-2-15-30(17-20-11-7-4-8-12-20)27(34)25-29-14-13-22(37-29)23(28(35)36)24(29)26(33)31(25)21(18-32)16-19-9-5-3-6-10-19/h2-12,21-25,32H,1,13-18H2,(H,35,36)/t21-,22+,23-,24+,25?,29?/m1/s1. The Morgan fingerprint density at radius 3 is 2.38 bits per heavy atom. The highest BCUT2D eigenvalue weighted by Crippen LogP contribution is 2.66. The van der Waals surface area contributed by atoms with E-state index in [0.717, 1.165) is 11.1 Å². The molecule has 2 bridgehead atoms. The fraction of sp³-hybridized carbons (Fsp3) is 0.414. The zero-order valence-electron chi connectivity index (χ0n) is 20.6. The van der Waals surface area contributed by atoms with Gasteiger partial charge in [-0.05, 0) is 30.4 Å². The number of nitrogens with zero attached hydrogens (tertiary/aromatic N) is 2. The lowest BCUT2D eigenvalue weighted by atomic mass is 9.71. The number of aliphatic hydroxyl groups is 1. The summed E-state index contributed by atoms with van der Waals surface area (Å²) < 4.78 is -0.817. The van der Waals surface area contributed by atoms with Crippen LogP contribution in [0.15, 0.2) is 73.3 Å². The maximum absolute atomic E-state index is 14.4. The number of aliphatic hydroxyl groups excluding tert-OH is 1. The summed E-state index contributed by atoms with van der Waals surface area (Å²) in [5, 5.41) is 20.4. The number of carboxylic acid groups (broad SMARTS) is 1. The number of fused-ring (bicyclic) bond motifs is 1. The SMILES string of the molecule is C=CCN(Cc1ccccc1)C(=O)C1N([C@@H](CO)Cc2ccccc2)C(=O)[C@@H]2[C@H](C(=O)O)[C@@H]3CCC12S3. The average Bonchev–Trinajstić information content (AvgIpc) is 3.55. The lowest BCUT2D eigenvalue weighted by Gasteiger charge is -2.39. The van der Waals surface area contributed by atoms with Gasteiger partial charge in [-0.1, -0.05) is 66.7 Å². The Morgan fingerprint density at radius 2 is 1.78 bits per heavy atom. The van der Waals surface area contributed by atoms with Crippen LogP contribution in [-0.2, 0) is 27.3 Å². The monoisotopic (exact) mass is 520 g/mol. The number of carboxylic acids is 1. The molecule has 2 aromatic rings. The molecule has 194 valence electrons. The molecular weight excluding hydrogens is 488 g/mol. The number of hydrogen-bond acceptors (Lipinski definition) is 5. The molecule has 0 saturated carbocycles. The van der Waals surface area contributed by atoms with Crippen molar-refractivity contribution in [3.05, 3.63) is 84.4 Å². The smallest absolute Gasteiger partial charge is 0.308 e. The Morgan fingerprint density at radius 1 is 1.14 bits per heavy atom. The Bertz CT molecular complexity index is 1180. The van der Waals surface area contributed by atoms with E-state index in [1.54, 1.807) is 15.9 Å². The largest absolute Gasteiger partial charge is 0.481 e. The van der Waals surface area contributed by atoms with Crippen LogP contribution in [0.25, 0.3) is 0 Å². The van der Waals surface area contributed by atoms with Crippen LogP contribution >= 0.6 is 11.8 Å². The minimum absolute atomic E-state index is 0.187. The number of carbonyl (C=O) groups is 3. The topological polar surface area (TPSA) is 98.2 Å². The Kier molecular flexibility index (Phi) is 7.14. The van der Waals surface area contributed by atoms with Crippen molar-refractivity contribution in [1.29, 1.82) is 0 Å². The van der Waals surface area contributed by atoms with E-state index in [1.165, 1.54) is 11.8 Å². The zero-order chi connectivity index (χ0) is 26.2. The van der Waals surface area contributed by atoms with Gasteiger partial charge in [0.25, 0.3) is 0 Å². The molecule has 7 nitrogen and oxygen atoms in total. The fourth-order valence-electron chi connectivity index (χ4n) is 6.55. The minimum Gasteiger partial charge on any atom is -0.481 e. The molecule has 3 heterocycles.